The third-order valence-corrected chi connectivity index (χ3v) is 2.95. The molecular weight excluding hydrogens is 265 g/mol. The predicted octanol–water partition coefficient (Wildman–Crippen LogP) is 3.82. The second-order valence-corrected chi connectivity index (χ2v) is 4.35. The van der Waals surface area contributed by atoms with Gasteiger partial charge in [0.05, 0.1) is 17.7 Å². The van der Waals surface area contributed by atoms with Crippen molar-refractivity contribution in [2.75, 3.05) is 7.05 Å². The lowest BCUT2D eigenvalue weighted by Crippen LogP contribution is -2.18. The smallest absolute Gasteiger partial charge is 0.254 e. The van der Waals surface area contributed by atoms with E-state index in [2.05, 4.69) is 5.32 Å². The Hall–Kier alpha value is -2.01. The lowest BCUT2D eigenvalue weighted by Gasteiger charge is -2.10. The first kappa shape index (κ1) is 13.4. The summed E-state index contributed by atoms with van der Waals surface area (Å²) in [5.74, 6) is 0.795. The van der Waals surface area contributed by atoms with Gasteiger partial charge < -0.3 is 10.1 Å². The number of rotatable bonds is 4. The molecule has 0 heterocycles. The van der Waals surface area contributed by atoms with Crippen LogP contribution in [0, 0.1) is 0 Å². The zero-order valence-corrected chi connectivity index (χ0v) is 11.0. The minimum Gasteiger partial charge on any atom is -0.457 e. The summed E-state index contributed by atoms with van der Waals surface area (Å²) in [6.07, 6.45) is 0. The molecule has 1 amide bonds. The van der Waals surface area contributed by atoms with Gasteiger partial charge in [-0.15, -0.1) is 0 Å². The van der Waals surface area contributed by atoms with Crippen LogP contribution in [0.3, 0.4) is 0 Å². The number of para-hydroxylation sites is 1. The van der Waals surface area contributed by atoms with Crippen molar-refractivity contribution >= 4 is 18.1 Å². The Morgan fingerprint density at radius 2 is 1.84 bits per heavy atom. The highest BCUT2D eigenvalue weighted by Gasteiger charge is 2.10. The molecule has 0 aliphatic carbocycles. The summed E-state index contributed by atoms with van der Waals surface area (Å²) in [7, 11) is 1.56. The summed E-state index contributed by atoms with van der Waals surface area (Å²) in [5.41, 5.74) is 0.453. The van der Waals surface area contributed by atoms with Crippen LogP contribution in [0.15, 0.2) is 53.4 Å². The van der Waals surface area contributed by atoms with E-state index in [-0.39, 0.29) is 18.1 Å². The summed E-state index contributed by atoms with van der Waals surface area (Å²) < 4.78 is 18.0. The number of amides is 1. The molecule has 0 aliphatic heterocycles. The molecule has 0 saturated carbocycles. The van der Waals surface area contributed by atoms with E-state index >= 15 is 0 Å². The van der Waals surface area contributed by atoms with Gasteiger partial charge in [-0.2, -0.15) is 3.89 Å². The molecule has 98 valence electrons. The van der Waals surface area contributed by atoms with Gasteiger partial charge in [-0.3, -0.25) is 4.79 Å². The lowest BCUT2D eigenvalue weighted by atomic mass is 10.2. The van der Waals surface area contributed by atoms with Crippen LogP contribution in [0.25, 0.3) is 0 Å². The largest absolute Gasteiger partial charge is 0.457 e. The molecule has 2 aromatic carbocycles. The molecule has 2 rings (SSSR count). The molecule has 0 aliphatic rings. The SMILES string of the molecule is CNC(=O)c1ccccc1Oc1ccc(SF)cc1. The molecule has 0 unspecified atom stereocenters. The molecular formula is C14H12FNO2S. The van der Waals surface area contributed by atoms with Gasteiger partial charge in [-0.1, -0.05) is 12.1 Å². The van der Waals surface area contributed by atoms with E-state index in [0.717, 1.165) is 0 Å². The monoisotopic (exact) mass is 277 g/mol. The highest BCUT2D eigenvalue weighted by molar-refractivity contribution is 7.94. The number of nitrogens with one attached hydrogen (secondary N) is 1. The van der Waals surface area contributed by atoms with Crippen molar-refractivity contribution in [2.45, 2.75) is 4.90 Å². The number of hydrogen-bond acceptors (Lipinski definition) is 3. The van der Waals surface area contributed by atoms with Crippen LogP contribution in [0.1, 0.15) is 10.4 Å². The van der Waals surface area contributed by atoms with E-state index < -0.39 is 0 Å². The fraction of sp³-hybridized carbons (Fsp3) is 0.0714. The van der Waals surface area contributed by atoms with E-state index in [1.54, 1.807) is 55.6 Å². The fourth-order valence-corrected chi connectivity index (χ4v) is 1.80. The maximum atomic E-state index is 12.3. The quantitative estimate of drug-likeness (QED) is 0.923. The Balaban J connectivity index is 2.25. The van der Waals surface area contributed by atoms with E-state index in [1.807, 2.05) is 0 Å². The summed E-state index contributed by atoms with van der Waals surface area (Å²) in [6, 6.07) is 13.5. The molecule has 0 saturated heterocycles. The zero-order chi connectivity index (χ0) is 13.7. The van der Waals surface area contributed by atoms with Crippen LogP contribution in [0.5, 0.6) is 11.5 Å². The van der Waals surface area contributed by atoms with Crippen LogP contribution >= 0.6 is 12.1 Å². The van der Waals surface area contributed by atoms with Crippen LogP contribution in [-0.4, -0.2) is 13.0 Å². The molecule has 1 N–H and O–H groups in total. The lowest BCUT2D eigenvalue weighted by molar-refractivity contribution is 0.0961. The topological polar surface area (TPSA) is 38.3 Å². The number of carbonyl (C=O) groups is 1. The molecule has 0 aromatic heterocycles. The highest BCUT2D eigenvalue weighted by Crippen LogP contribution is 2.27. The Morgan fingerprint density at radius 1 is 1.16 bits per heavy atom. The summed E-state index contributed by atoms with van der Waals surface area (Å²) in [6.45, 7) is 0. The summed E-state index contributed by atoms with van der Waals surface area (Å²) >= 11 is 0.176. The van der Waals surface area contributed by atoms with Gasteiger partial charge in [-0.05, 0) is 36.4 Å². The van der Waals surface area contributed by atoms with Gasteiger partial charge in [0.15, 0.2) is 0 Å². The molecule has 0 atom stereocenters. The van der Waals surface area contributed by atoms with Crippen LogP contribution in [0.4, 0.5) is 3.89 Å². The molecule has 5 heteroatoms. The Kier molecular flexibility index (Phi) is 4.41. The molecule has 2 aromatic rings. The van der Waals surface area contributed by atoms with Crippen LogP contribution in [0.2, 0.25) is 0 Å². The van der Waals surface area contributed by atoms with Crippen molar-refractivity contribution in [3.05, 3.63) is 54.1 Å². The molecule has 0 fully saturated rings. The molecule has 0 radical (unpaired) electrons. The van der Waals surface area contributed by atoms with Crippen LogP contribution in [-0.2, 0) is 0 Å². The third-order valence-electron chi connectivity index (χ3n) is 2.50. The van der Waals surface area contributed by atoms with Crippen molar-refractivity contribution < 1.29 is 13.4 Å². The number of benzene rings is 2. The van der Waals surface area contributed by atoms with E-state index in [1.165, 1.54) is 0 Å². The Labute approximate surface area is 115 Å². The maximum Gasteiger partial charge on any atom is 0.254 e. The zero-order valence-electron chi connectivity index (χ0n) is 10.2. The van der Waals surface area contributed by atoms with E-state index in [0.29, 0.717) is 22.0 Å². The highest BCUT2D eigenvalue weighted by atomic mass is 32.2. The van der Waals surface area contributed by atoms with Gasteiger partial charge in [0.1, 0.15) is 11.5 Å². The van der Waals surface area contributed by atoms with Gasteiger partial charge in [0, 0.05) is 11.9 Å². The van der Waals surface area contributed by atoms with E-state index in [9.17, 15) is 8.68 Å². The fourth-order valence-electron chi connectivity index (χ4n) is 1.56. The first-order valence-electron chi connectivity index (χ1n) is 5.62. The van der Waals surface area contributed by atoms with Gasteiger partial charge in [0.25, 0.3) is 5.91 Å². The average Bonchev–Trinajstić information content (AvgIpc) is 2.48. The first-order chi connectivity index (χ1) is 9.24. The Morgan fingerprint density at radius 3 is 2.47 bits per heavy atom. The minimum absolute atomic E-state index is 0.176. The predicted molar refractivity (Wildman–Crippen MR) is 73.3 cm³/mol. The van der Waals surface area contributed by atoms with Gasteiger partial charge in [-0.25, -0.2) is 0 Å². The van der Waals surface area contributed by atoms with Crippen molar-refractivity contribution in [1.82, 2.24) is 5.32 Å². The molecule has 19 heavy (non-hydrogen) atoms. The van der Waals surface area contributed by atoms with Crippen molar-refractivity contribution in [3.8, 4) is 11.5 Å². The number of carbonyl (C=O) groups excluding carboxylic acids is 1. The minimum atomic E-state index is -0.216. The number of ether oxygens (including phenoxy) is 1. The van der Waals surface area contributed by atoms with Crippen molar-refractivity contribution in [1.29, 1.82) is 0 Å². The third kappa shape index (κ3) is 3.26. The second-order valence-electron chi connectivity index (χ2n) is 3.73. The second kappa shape index (κ2) is 6.24. The molecule has 3 nitrogen and oxygen atoms in total. The number of hydrogen-bond donors (Lipinski definition) is 1. The molecule has 0 bridgehead atoms. The van der Waals surface area contributed by atoms with E-state index in [4.69, 9.17) is 4.74 Å². The average molecular weight is 277 g/mol. The molecule has 0 spiro atoms. The normalized spacial score (nSPS) is 10.0. The van der Waals surface area contributed by atoms with Crippen molar-refractivity contribution in [2.24, 2.45) is 0 Å². The first-order valence-corrected chi connectivity index (χ1v) is 6.34. The number of halogens is 1. The van der Waals surface area contributed by atoms with Gasteiger partial charge >= 0.3 is 0 Å². The summed E-state index contributed by atoms with van der Waals surface area (Å²) in [5, 5.41) is 2.55. The van der Waals surface area contributed by atoms with Crippen molar-refractivity contribution in [3.63, 3.8) is 0 Å². The Bertz CT molecular complexity index is 572. The maximum absolute atomic E-state index is 12.3. The van der Waals surface area contributed by atoms with Crippen LogP contribution < -0.4 is 10.1 Å². The summed E-state index contributed by atoms with van der Waals surface area (Å²) in [4.78, 5) is 12.2. The standard InChI is InChI=1S/C14H12FNO2S/c1-16-14(17)12-4-2-3-5-13(12)18-10-6-8-11(19-15)9-7-10/h2-9H,1H3,(H,16,17). The van der Waals surface area contributed by atoms with Gasteiger partial charge in [0.2, 0.25) is 0 Å².